The fraction of sp³-hybridized carbons (Fsp3) is 0.250. The molecule has 0 unspecified atom stereocenters. The van der Waals surface area contributed by atoms with Crippen molar-refractivity contribution in [3.05, 3.63) is 47.5 Å². The van der Waals surface area contributed by atoms with Gasteiger partial charge in [0.05, 0.1) is 20.6 Å². The molecule has 0 saturated heterocycles. The Bertz CT molecular complexity index is 606. The van der Waals surface area contributed by atoms with Crippen LogP contribution in [0.4, 0.5) is 0 Å². The Morgan fingerprint density at radius 1 is 0.895 bits per heavy atom. The van der Waals surface area contributed by atoms with Crippen molar-refractivity contribution < 1.29 is 8.95 Å². The first-order chi connectivity index (χ1) is 9.22. The summed E-state index contributed by atoms with van der Waals surface area (Å²) in [6, 6.07) is 11.9. The normalized spacial score (nSPS) is 13.6. The molecule has 0 spiro atoms. The molecule has 0 radical (unpaired) electrons. The van der Waals surface area contributed by atoms with E-state index in [0.717, 1.165) is 22.6 Å². The predicted molar refractivity (Wildman–Crippen MR) is 76.4 cm³/mol. The van der Waals surface area contributed by atoms with Crippen LogP contribution < -0.4 is 4.74 Å². The van der Waals surface area contributed by atoms with Crippen molar-refractivity contribution in [1.29, 1.82) is 0 Å². The van der Waals surface area contributed by atoms with Gasteiger partial charge in [-0.05, 0) is 48.2 Å². The van der Waals surface area contributed by atoms with Crippen LogP contribution in [0, 0.1) is 0 Å². The Hall–Kier alpha value is -1.61. The SMILES string of the molecule is CCc1ccc2c(c1)S(=O)c1cc(CC)ccc1O2. The second-order valence-electron chi connectivity index (χ2n) is 4.64. The van der Waals surface area contributed by atoms with Gasteiger partial charge in [-0.25, -0.2) is 4.21 Å². The van der Waals surface area contributed by atoms with Gasteiger partial charge in [0.1, 0.15) is 11.5 Å². The largest absolute Gasteiger partial charge is 0.455 e. The van der Waals surface area contributed by atoms with Gasteiger partial charge in [-0.1, -0.05) is 26.0 Å². The zero-order valence-electron chi connectivity index (χ0n) is 11.1. The van der Waals surface area contributed by atoms with E-state index in [1.807, 2.05) is 36.4 Å². The average Bonchev–Trinajstić information content (AvgIpc) is 2.47. The highest BCUT2D eigenvalue weighted by Gasteiger charge is 2.24. The molecule has 1 aliphatic rings. The van der Waals surface area contributed by atoms with Crippen molar-refractivity contribution in [1.82, 2.24) is 0 Å². The first kappa shape index (κ1) is 12.4. The molecule has 98 valence electrons. The summed E-state index contributed by atoms with van der Waals surface area (Å²) in [6.45, 7) is 4.19. The third kappa shape index (κ3) is 2.08. The van der Waals surface area contributed by atoms with E-state index in [-0.39, 0.29) is 0 Å². The average molecular weight is 272 g/mol. The quantitative estimate of drug-likeness (QED) is 0.702. The lowest BCUT2D eigenvalue weighted by Gasteiger charge is -2.20. The molecule has 0 fully saturated rings. The van der Waals surface area contributed by atoms with Crippen LogP contribution in [0.15, 0.2) is 46.2 Å². The molecule has 2 aromatic rings. The number of ether oxygens (including phenoxy) is 1. The van der Waals surface area contributed by atoms with Crippen LogP contribution in [0.3, 0.4) is 0 Å². The summed E-state index contributed by atoms with van der Waals surface area (Å²) in [5.41, 5.74) is 2.37. The summed E-state index contributed by atoms with van der Waals surface area (Å²) in [5.74, 6) is 1.43. The molecule has 0 saturated carbocycles. The second-order valence-corrected chi connectivity index (χ2v) is 6.06. The van der Waals surface area contributed by atoms with Crippen LogP contribution in [0.1, 0.15) is 25.0 Å². The fourth-order valence-electron chi connectivity index (χ4n) is 2.24. The molecule has 3 rings (SSSR count). The maximum atomic E-state index is 12.7. The van der Waals surface area contributed by atoms with Crippen molar-refractivity contribution in [2.24, 2.45) is 0 Å². The lowest BCUT2D eigenvalue weighted by Crippen LogP contribution is -2.06. The molecular weight excluding hydrogens is 256 g/mol. The number of fused-ring (bicyclic) bond motifs is 2. The van der Waals surface area contributed by atoms with E-state index >= 15 is 0 Å². The standard InChI is InChI=1S/C16H16O2S/c1-3-11-5-7-13-15(9-11)19(17)16-10-12(4-2)6-8-14(16)18-13/h5-10H,3-4H2,1-2H3. The molecule has 0 atom stereocenters. The van der Waals surface area contributed by atoms with Gasteiger partial charge in [-0.2, -0.15) is 0 Å². The van der Waals surface area contributed by atoms with Gasteiger partial charge < -0.3 is 4.74 Å². The third-order valence-electron chi connectivity index (χ3n) is 3.45. The van der Waals surface area contributed by atoms with E-state index in [9.17, 15) is 4.21 Å². The molecule has 1 aliphatic heterocycles. The number of hydrogen-bond donors (Lipinski definition) is 0. The highest BCUT2D eigenvalue weighted by Crippen LogP contribution is 2.40. The smallest absolute Gasteiger partial charge is 0.144 e. The molecule has 0 amide bonds. The van der Waals surface area contributed by atoms with Crippen LogP contribution in [-0.2, 0) is 23.6 Å². The summed E-state index contributed by atoms with van der Waals surface area (Å²) >= 11 is 0. The molecule has 0 N–H and O–H groups in total. The first-order valence-electron chi connectivity index (χ1n) is 6.58. The molecule has 19 heavy (non-hydrogen) atoms. The van der Waals surface area contributed by atoms with Crippen LogP contribution in [0.2, 0.25) is 0 Å². The van der Waals surface area contributed by atoms with E-state index in [4.69, 9.17) is 4.74 Å². The van der Waals surface area contributed by atoms with E-state index in [0.29, 0.717) is 11.5 Å². The Labute approximate surface area is 115 Å². The van der Waals surface area contributed by atoms with E-state index in [1.54, 1.807) is 0 Å². The molecular formula is C16H16O2S. The minimum absolute atomic E-state index is 0.715. The van der Waals surface area contributed by atoms with E-state index in [2.05, 4.69) is 13.8 Å². The Morgan fingerprint density at radius 3 is 1.79 bits per heavy atom. The van der Waals surface area contributed by atoms with Crippen molar-refractivity contribution in [3.8, 4) is 11.5 Å². The van der Waals surface area contributed by atoms with Crippen molar-refractivity contribution in [2.75, 3.05) is 0 Å². The second kappa shape index (κ2) is 4.82. The predicted octanol–water partition coefficient (Wildman–Crippen LogP) is 4.08. The number of rotatable bonds is 2. The van der Waals surface area contributed by atoms with Gasteiger partial charge in [0.2, 0.25) is 0 Å². The molecule has 0 aromatic heterocycles. The fourth-order valence-corrected chi connectivity index (χ4v) is 3.58. The van der Waals surface area contributed by atoms with Crippen LogP contribution in [0.25, 0.3) is 0 Å². The zero-order chi connectivity index (χ0) is 13.4. The topological polar surface area (TPSA) is 26.3 Å². The van der Waals surface area contributed by atoms with Gasteiger partial charge in [0.15, 0.2) is 0 Å². The highest BCUT2D eigenvalue weighted by molar-refractivity contribution is 7.85. The zero-order valence-corrected chi connectivity index (χ0v) is 11.9. The summed E-state index contributed by atoms with van der Waals surface area (Å²) in [6.07, 6.45) is 1.87. The van der Waals surface area contributed by atoms with Crippen molar-refractivity contribution in [2.45, 2.75) is 36.5 Å². The third-order valence-corrected chi connectivity index (χ3v) is 4.89. The lowest BCUT2D eigenvalue weighted by molar-refractivity contribution is 0.449. The number of benzene rings is 2. The molecule has 0 aliphatic carbocycles. The molecule has 0 bridgehead atoms. The summed E-state index contributed by atoms with van der Waals surface area (Å²) in [4.78, 5) is 1.58. The first-order valence-corrected chi connectivity index (χ1v) is 7.73. The Balaban J connectivity index is 2.12. The van der Waals surface area contributed by atoms with Crippen LogP contribution >= 0.6 is 0 Å². The van der Waals surface area contributed by atoms with Crippen molar-refractivity contribution in [3.63, 3.8) is 0 Å². The van der Waals surface area contributed by atoms with Crippen LogP contribution in [0.5, 0.6) is 11.5 Å². The maximum Gasteiger partial charge on any atom is 0.144 e. The minimum Gasteiger partial charge on any atom is -0.455 e. The van der Waals surface area contributed by atoms with Gasteiger partial charge in [0, 0.05) is 0 Å². The van der Waals surface area contributed by atoms with Gasteiger partial charge in [-0.3, -0.25) is 0 Å². The van der Waals surface area contributed by atoms with Gasteiger partial charge >= 0.3 is 0 Å². The van der Waals surface area contributed by atoms with E-state index < -0.39 is 10.8 Å². The maximum absolute atomic E-state index is 12.7. The monoisotopic (exact) mass is 272 g/mol. The Morgan fingerprint density at radius 2 is 1.37 bits per heavy atom. The minimum atomic E-state index is -1.14. The molecule has 3 heteroatoms. The van der Waals surface area contributed by atoms with Gasteiger partial charge in [-0.15, -0.1) is 0 Å². The molecule has 2 aromatic carbocycles. The highest BCUT2D eigenvalue weighted by atomic mass is 32.2. The summed E-state index contributed by atoms with van der Waals surface area (Å²) in [5, 5.41) is 0. The lowest BCUT2D eigenvalue weighted by atomic mass is 10.1. The molecule has 1 heterocycles. The molecule has 2 nitrogen and oxygen atoms in total. The Kier molecular flexibility index (Phi) is 3.15. The number of aryl methyl sites for hydroxylation is 2. The summed E-state index contributed by atoms with van der Waals surface area (Å²) in [7, 11) is -1.14. The van der Waals surface area contributed by atoms with Crippen LogP contribution in [-0.4, -0.2) is 4.21 Å². The summed E-state index contributed by atoms with van der Waals surface area (Å²) < 4.78 is 18.5. The van der Waals surface area contributed by atoms with Gasteiger partial charge in [0.25, 0.3) is 0 Å². The van der Waals surface area contributed by atoms with E-state index in [1.165, 1.54) is 11.1 Å². The number of hydrogen-bond acceptors (Lipinski definition) is 2. The van der Waals surface area contributed by atoms with Crippen molar-refractivity contribution >= 4 is 10.8 Å².